The van der Waals surface area contributed by atoms with Crippen molar-refractivity contribution in [3.05, 3.63) is 93.0 Å². The predicted octanol–water partition coefficient (Wildman–Crippen LogP) is 10.9. The van der Waals surface area contributed by atoms with Gasteiger partial charge in [-0.3, -0.25) is 0 Å². The summed E-state index contributed by atoms with van der Waals surface area (Å²) in [6, 6.07) is 18.8. The first-order chi connectivity index (χ1) is 23.6. The van der Waals surface area contributed by atoms with Crippen molar-refractivity contribution < 1.29 is 10.2 Å². The van der Waals surface area contributed by atoms with E-state index in [1.165, 1.54) is 9.59 Å². The Kier molecular flexibility index (Phi) is 9.21. The zero-order valence-corrected chi connectivity index (χ0v) is 32.7. The fraction of sp³-hybridized carbons (Fsp3) is 0.415. The summed E-state index contributed by atoms with van der Waals surface area (Å²) in [4.78, 5) is 2.96. The van der Waals surface area contributed by atoms with E-state index in [0.29, 0.717) is 54.6 Å². The number of benzene rings is 4. The van der Waals surface area contributed by atoms with E-state index in [2.05, 4.69) is 81.4 Å². The van der Waals surface area contributed by atoms with Gasteiger partial charge < -0.3 is 10.2 Å². The van der Waals surface area contributed by atoms with E-state index in [4.69, 9.17) is 43.6 Å². The Labute approximate surface area is 310 Å². The lowest BCUT2D eigenvalue weighted by Gasteiger charge is -2.34. The summed E-state index contributed by atoms with van der Waals surface area (Å²) < 4.78 is 0. The summed E-state index contributed by atoms with van der Waals surface area (Å²) in [5.41, 5.74) is 6.37. The first-order valence-electron chi connectivity index (χ1n) is 17.4. The third-order valence-corrected chi connectivity index (χ3v) is 9.81. The van der Waals surface area contributed by atoms with Crippen LogP contribution in [-0.2, 0) is 17.3 Å². The molecular weight excluding hydrogens is 679 g/mol. The monoisotopic (exact) mass is 726 g/mol. The van der Waals surface area contributed by atoms with Crippen molar-refractivity contribution in [3.63, 3.8) is 0 Å². The highest BCUT2D eigenvalue weighted by Gasteiger charge is 2.32. The molecule has 8 nitrogen and oxygen atoms in total. The van der Waals surface area contributed by atoms with E-state index in [0.717, 1.165) is 24.0 Å². The highest BCUT2D eigenvalue weighted by atomic mass is 35.5. The molecular formula is C41H48Cl2N6O2. The second-order valence-electron chi connectivity index (χ2n) is 17.7. The molecule has 2 aromatic heterocycles. The third-order valence-electron chi connectivity index (χ3n) is 9.34. The zero-order chi connectivity index (χ0) is 37.3. The van der Waals surface area contributed by atoms with E-state index in [1.807, 2.05) is 24.3 Å². The van der Waals surface area contributed by atoms with Crippen LogP contribution in [0.2, 0.25) is 10.0 Å². The number of aromatic nitrogens is 6. The van der Waals surface area contributed by atoms with E-state index < -0.39 is 0 Å². The highest BCUT2D eigenvalue weighted by Crippen LogP contribution is 2.43. The zero-order valence-electron chi connectivity index (χ0n) is 31.2. The van der Waals surface area contributed by atoms with Crippen LogP contribution in [0.25, 0.3) is 33.4 Å². The molecule has 0 saturated heterocycles. The van der Waals surface area contributed by atoms with Crippen LogP contribution >= 0.6 is 23.2 Å². The van der Waals surface area contributed by atoms with Crippen LogP contribution in [0.1, 0.15) is 104 Å². The van der Waals surface area contributed by atoms with E-state index in [-0.39, 0.29) is 39.6 Å². The first-order valence-corrected chi connectivity index (χ1v) is 18.1. The molecule has 4 aromatic carbocycles. The first kappa shape index (κ1) is 36.6. The molecule has 10 heteroatoms. The fourth-order valence-electron chi connectivity index (χ4n) is 7.76. The van der Waals surface area contributed by atoms with Crippen LogP contribution in [0.3, 0.4) is 0 Å². The topological polar surface area (TPSA) is 102 Å². The molecule has 0 unspecified atom stereocenters. The van der Waals surface area contributed by atoms with Crippen molar-refractivity contribution >= 4 is 45.3 Å². The lowest BCUT2D eigenvalue weighted by molar-refractivity contribution is 0.283. The van der Waals surface area contributed by atoms with Gasteiger partial charge in [0.1, 0.15) is 44.9 Å². The second-order valence-corrected chi connectivity index (χ2v) is 18.5. The van der Waals surface area contributed by atoms with Crippen molar-refractivity contribution in [1.82, 2.24) is 30.0 Å². The Morgan fingerprint density at radius 1 is 0.510 bits per heavy atom. The summed E-state index contributed by atoms with van der Waals surface area (Å²) >= 11 is 12.6. The van der Waals surface area contributed by atoms with Gasteiger partial charge in [-0.05, 0) is 94.2 Å². The second kappa shape index (κ2) is 12.8. The minimum atomic E-state index is -0.268. The molecule has 51 heavy (non-hydrogen) atoms. The van der Waals surface area contributed by atoms with E-state index in [1.54, 1.807) is 24.3 Å². The van der Waals surface area contributed by atoms with Gasteiger partial charge in [-0.2, -0.15) is 0 Å². The largest absolute Gasteiger partial charge is 0.505 e. The highest BCUT2D eigenvalue weighted by molar-refractivity contribution is 6.31. The molecule has 0 atom stereocenters. The smallest absolute Gasteiger partial charge is 0.146 e. The Bertz CT molecular complexity index is 2110. The van der Waals surface area contributed by atoms with Gasteiger partial charge in [-0.1, -0.05) is 105 Å². The molecule has 6 rings (SSSR count). The van der Waals surface area contributed by atoms with Gasteiger partial charge >= 0.3 is 0 Å². The van der Waals surface area contributed by atoms with Gasteiger partial charge in [0.05, 0.1) is 0 Å². The molecule has 0 aliphatic heterocycles. The van der Waals surface area contributed by atoms with Gasteiger partial charge in [0.2, 0.25) is 0 Å². The number of nitrogens with zero attached hydrogens (tertiary/aromatic N) is 6. The minimum Gasteiger partial charge on any atom is -0.505 e. The summed E-state index contributed by atoms with van der Waals surface area (Å²) in [6.45, 7) is 22.3. The quantitative estimate of drug-likeness (QED) is 0.162. The number of halogens is 2. The molecule has 268 valence electrons. The molecule has 0 saturated carbocycles. The maximum atomic E-state index is 12.0. The average molecular weight is 728 g/mol. The molecule has 2 N–H and O–H groups in total. The number of hydrogen-bond acceptors (Lipinski definition) is 6. The fourth-order valence-corrected chi connectivity index (χ4v) is 8.10. The molecule has 2 heterocycles. The average Bonchev–Trinajstić information content (AvgIpc) is 3.60. The molecule has 0 aliphatic carbocycles. The molecule has 0 radical (unpaired) electrons. The summed E-state index contributed by atoms with van der Waals surface area (Å²) in [5, 5.41) is 44.0. The molecule has 0 bridgehead atoms. The van der Waals surface area contributed by atoms with Crippen LogP contribution in [0.4, 0.5) is 0 Å². The molecule has 0 fully saturated rings. The Hall–Kier alpha value is -4.14. The normalized spacial score (nSPS) is 13.1. The Balaban J connectivity index is 1.56. The summed E-state index contributed by atoms with van der Waals surface area (Å²) in [7, 11) is 0. The summed E-state index contributed by atoms with van der Waals surface area (Å²) in [6.07, 6.45) is 2.01. The summed E-state index contributed by atoms with van der Waals surface area (Å²) in [5.74, 6) is 0.0734. The van der Waals surface area contributed by atoms with Crippen LogP contribution in [0.5, 0.6) is 11.5 Å². The molecule has 0 amide bonds. The number of phenolic OH excluding ortho intramolecular Hbond substituents is 2. The van der Waals surface area contributed by atoms with Crippen LogP contribution in [0.15, 0.2) is 60.7 Å². The van der Waals surface area contributed by atoms with Crippen molar-refractivity contribution in [3.8, 4) is 22.9 Å². The van der Waals surface area contributed by atoms with Crippen LogP contribution in [-0.4, -0.2) is 40.2 Å². The van der Waals surface area contributed by atoms with Gasteiger partial charge in [-0.25, -0.2) is 0 Å². The van der Waals surface area contributed by atoms with E-state index >= 15 is 0 Å². The molecule has 0 aliphatic rings. The van der Waals surface area contributed by atoms with Crippen LogP contribution in [0, 0.1) is 10.8 Å². The van der Waals surface area contributed by atoms with Gasteiger partial charge in [0.15, 0.2) is 0 Å². The lowest BCUT2D eigenvalue weighted by Crippen LogP contribution is -2.25. The standard InChI is InChI=1S/C41H48Cl2N6O2/c1-38(2,3)22-40(7,8)26-16-24(36(50)34(18-26)48-44-30-13-11-28(42)20-32(30)46-48)15-25-17-27(41(9,10)23-39(4,5)6)19-35(37(25)51)49-45-31-14-12-29(43)21-33(31)47-49/h11-14,16-21,50-51H,15,22-23H2,1-10H3. The molecule has 6 aromatic rings. The SMILES string of the molecule is CC(C)(C)CC(C)(C)c1cc(Cc2cc(C(C)(C)CC(C)(C)C)cc(-n3nc4ccc(Cl)cc4n3)c2O)c(O)c(-n2nc3ccc(Cl)cc3n2)c1. The minimum absolute atomic E-state index is 0.0367. The van der Waals surface area contributed by atoms with Crippen molar-refractivity contribution in [1.29, 1.82) is 0 Å². The molecule has 0 spiro atoms. The Morgan fingerprint density at radius 2 is 0.863 bits per heavy atom. The number of aromatic hydroxyl groups is 2. The van der Waals surface area contributed by atoms with Gasteiger partial charge in [0, 0.05) is 27.6 Å². The van der Waals surface area contributed by atoms with Gasteiger partial charge in [-0.15, -0.1) is 30.0 Å². The van der Waals surface area contributed by atoms with Crippen molar-refractivity contribution in [2.75, 3.05) is 0 Å². The Morgan fingerprint density at radius 3 is 1.22 bits per heavy atom. The van der Waals surface area contributed by atoms with Gasteiger partial charge in [0.25, 0.3) is 0 Å². The van der Waals surface area contributed by atoms with E-state index in [9.17, 15) is 10.2 Å². The number of phenols is 2. The van der Waals surface area contributed by atoms with Crippen LogP contribution < -0.4 is 0 Å². The number of rotatable bonds is 8. The third kappa shape index (κ3) is 7.87. The predicted molar refractivity (Wildman–Crippen MR) is 208 cm³/mol. The number of fused-ring (bicyclic) bond motifs is 2. The van der Waals surface area contributed by atoms with Crippen molar-refractivity contribution in [2.24, 2.45) is 10.8 Å². The number of hydrogen-bond donors (Lipinski definition) is 2. The maximum absolute atomic E-state index is 12.0. The maximum Gasteiger partial charge on any atom is 0.146 e. The van der Waals surface area contributed by atoms with Crippen molar-refractivity contribution in [2.45, 2.75) is 99.3 Å². The lowest BCUT2D eigenvalue weighted by atomic mass is 9.71.